The van der Waals surface area contributed by atoms with Gasteiger partial charge in [0.1, 0.15) is 5.82 Å². The summed E-state index contributed by atoms with van der Waals surface area (Å²) < 4.78 is 18.9. The van der Waals surface area contributed by atoms with Crippen LogP contribution in [-0.2, 0) is 22.7 Å². The SMILES string of the molecule is C=CNC(C)CN(CCOCc1ccc(C)cc1)C(=C)CCC(=O)NCc1ccc(F)cc1. The van der Waals surface area contributed by atoms with Gasteiger partial charge >= 0.3 is 0 Å². The van der Waals surface area contributed by atoms with E-state index in [-0.39, 0.29) is 17.8 Å². The molecule has 2 aromatic rings. The molecule has 0 bridgehead atoms. The summed E-state index contributed by atoms with van der Waals surface area (Å²) in [6, 6.07) is 14.6. The van der Waals surface area contributed by atoms with Gasteiger partial charge in [-0.3, -0.25) is 4.79 Å². The molecule has 6 heteroatoms. The van der Waals surface area contributed by atoms with E-state index in [1.54, 1.807) is 18.3 Å². The van der Waals surface area contributed by atoms with Crippen LogP contribution in [0.5, 0.6) is 0 Å². The summed E-state index contributed by atoms with van der Waals surface area (Å²) >= 11 is 0. The van der Waals surface area contributed by atoms with Gasteiger partial charge in [0.05, 0.1) is 13.2 Å². The number of carbonyl (C=O) groups is 1. The number of carbonyl (C=O) groups excluding carboxylic acids is 1. The average molecular weight is 454 g/mol. The van der Waals surface area contributed by atoms with Crippen LogP contribution in [-0.4, -0.2) is 36.5 Å². The molecular formula is C27H36FN3O2. The number of hydrogen-bond acceptors (Lipinski definition) is 4. The molecule has 0 heterocycles. The zero-order chi connectivity index (χ0) is 24.1. The highest BCUT2D eigenvalue weighted by Gasteiger charge is 2.13. The van der Waals surface area contributed by atoms with E-state index in [0.29, 0.717) is 39.1 Å². The smallest absolute Gasteiger partial charge is 0.220 e. The third-order valence-electron chi connectivity index (χ3n) is 5.28. The topological polar surface area (TPSA) is 53.6 Å². The maximum absolute atomic E-state index is 13.0. The lowest BCUT2D eigenvalue weighted by molar-refractivity contribution is -0.121. The van der Waals surface area contributed by atoms with Gasteiger partial charge in [-0.15, -0.1) is 0 Å². The molecule has 2 N–H and O–H groups in total. The number of halogens is 1. The standard InChI is InChI=1S/C27H36FN3O2/c1-5-29-22(3)19-31(16-17-33-20-25-9-6-21(2)7-10-25)23(4)8-15-27(32)30-18-24-11-13-26(28)14-12-24/h5-7,9-14,22,29H,1,4,8,15-20H2,2-3H3,(H,30,32). The van der Waals surface area contributed by atoms with Gasteiger partial charge in [0.25, 0.3) is 0 Å². The number of amides is 1. The minimum Gasteiger partial charge on any atom is -0.387 e. The first kappa shape index (κ1) is 26.1. The summed E-state index contributed by atoms with van der Waals surface area (Å²) in [6.45, 7) is 15.0. The van der Waals surface area contributed by atoms with Gasteiger partial charge in [-0.25, -0.2) is 4.39 Å². The molecule has 1 amide bonds. The third kappa shape index (κ3) is 10.4. The van der Waals surface area contributed by atoms with Crippen LogP contribution in [0.25, 0.3) is 0 Å². The van der Waals surface area contributed by atoms with Gasteiger partial charge in [-0.05, 0) is 49.7 Å². The first-order chi connectivity index (χ1) is 15.9. The first-order valence-electron chi connectivity index (χ1n) is 11.3. The van der Waals surface area contributed by atoms with Crippen molar-refractivity contribution < 1.29 is 13.9 Å². The maximum atomic E-state index is 13.0. The van der Waals surface area contributed by atoms with Crippen LogP contribution in [0.15, 0.2) is 73.6 Å². The van der Waals surface area contributed by atoms with Crippen molar-refractivity contribution >= 4 is 5.91 Å². The van der Waals surface area contributed by atoms with E-state index in [0.717, 1.165) is 23.4 Å². The number of hydrogen-bond donors (Lipinski definition) is 2. The Labute approximate surface area is 197 Å². The molecular weight excluding hydrogens is 417 g/mol. The van der Waals surface area contributed by atoms with Crippen molar-refractivity contribution in [3.05, 3.63) is 96.1 Å². The van der Waals surface area contributed by atoms with E-state index in [1.165, 1.54) is 17.7 Å². The highest BCUT2D eigenvalue weighted by Crippen LogP contribution is 2.12. The van der Waals surface area contributed by atoms with Crippen LogP contribution in [0.4, 0.5) is 4.39 Å². The highest BCUT2D eigenvalue weighted by molar-refractivity contribution is 5.76. The van der Waals surface area contributed by atoms with E-state index < -0.39 is 0 Å². The second-order valence-corrected chi connectivity index (χ2v) is 8.23. The Kier molecular flexibility index (Phi) is 11.2. The van der Waals surface area contributed by atoms with Gasteiger partial charge in [-0.2, -0.15) is 0 Å². The number of nitrogens with one attached hydrogen (secondary N) is 2. The fraction of sp³-hybridized carbons (Fsp3) is 0.370. The second kappa shape index (κ2) is 14.1. The Hall–Kier alpha value is -3.12. The van der Waals surface area contributed by atoms with Crippen LogP contribution in [0, 0.1) is 12.7 Å². The van der Waals surface area contributed by atoms with Crippen molar-refractivity contribution in [3.8, 4) is 0 Å². The maximum Gasteiger partial charge on any atom is 0.220 e. The van der Waals surface area contributed by atoms with Crippen LogP contribution in [0.2, 0.25) is 0 Å². The predicted molar refractivity (Wildman–Crippen MR) is 132 cm³/mol. The summed E-state index contributed by atoms with van der Waals surface area (Å²) in [5.74, 6) is -0.349. The Morgan fingerprint density at radius 3 is 2.45 bits per heavy atom. The van der Waals surface area contributed by atoms with Crippen molar-refractivity contribution in [2.45, 2.75) is 45.9 Å². The minimum absolute atomic E-state index is 0.0617. The zero-order valence-electron chi connectivity index (χ0n) is 19.8. The molecule has 0 aliphatic rings. The Morgan fingerprint density at radius 1 is 1.12 bits per heavy atom. The molecule has 0 aliphatic heterocycles. The van der Waals surface area contributed by atoms with Crippen molar-refractivity contribution in [3.63, 3.8) is 0 Å². The van der Waals surface area contributed by atoms with Gasteiger partial charge in [0.2, 0.25) is 5.91 Å². The van der Waals surface area contributed by atoms with Crippen molar-refractivity contribution in [1.29, 1.82) is 0 Å². The molecule has 0 fully saturated rings. The number of allylic oxidation sites excluding steroid dienone is 1. The Morgan fingerprint density at radius 2 is 1.79 bits per heavy atom. The molecule has 1 atom stereocenters. The van der Waals surface area contributed by atoms with E-state index in [2.05, 4.69) is 66.8 Å². The fourth-order valence-electron chi connectivity index (χ4n) is 3.32. The Balaban J connectivity index is 1.79. The monoisotopic (exact) mass is 453 g/mol. The molecule has 0 saturated carbocycles. The molecule has 5 nitrogen and oxygen atoms in total. The molecule has 0 radical (unpaired) electrons. The summed E-state index contributed by atoms with van der Waals surface area (Å²) in [5.41, 5.74) is 4.13. The number of ether oxygens (including phenoxy) is 1. The van der Waals surface area contributed by atoms with Gasteiger partial charge in [0.15, 0.2) is 0 Å². The summed E-state index contributed by atoms with van der Waals surface area (Å²) in [6.07, 6.45) is 2.57. The molecule has 0 aromatic heterocycles. The number of aryl methyl sites for hydroxylation is 1. The van der Waals surface area contributed by atoms with E-state index in [1.807, 2.05) is 0 Å². The average Bonchev–Trinajstić information content (AvgIpc) is 2.80. The van der Waals surface area contributed by atoms with Gasteiger partial charge in [0, 0.05) is 37.8 Å². The van der Waals surface area contributed by atoms with Crippen molar-refractivity contribution in [2.24, 2.45) is 0 Å². The van der Waals surface area contributed by atoms with E-state index >= 15 is 0 Å². The van der Waals surface area contributed by atoms with E-state index in [4.69, 9.17) is 4.74 Å². The molecule has 2 rings (SSSR count). The summed E-state index contributed by atoms with van der Waals surface area (Å²) in [5, 5.41) is 6.07. The number of benzene rings is 2. The van der Waals surface area contributed by atoms with Gasteiger partial charge < -0.3 is 20.3 Å². The summed E-state index contributed by atoms with van der Waals surface area (Å²) in [4.78, 5) is 14.4. The number of rotatable bonds is 15. The van der Waals surface area contributed by atoms with E-state index in [9.17, 15) is 9.18 Å². The fourth-order valence-corrected chi connectivity index (χ4v) is 3.32. The molecule has 0 saturated heterocycles. The van der Waals surface area contributed by atoms with Gasteiger partial charge in [-0.1, -0.05) is 55.1 Å². The first-order valence-corrected chi connectivity index (χ1v) is 11.3. The second-order valence-electron chi connectivity index (χ2n) is 8.23. The van der Waals surface area contributed by atoms with Crippen LogP contribution in [0.1, 0.15) is 36.5 Å². The minimum atomic E-state index is -0.288. The summed E-state index contributed by atoms with van der Waals surface area (Å²) in [7, 11) is 0. The van der Waals surface area contributed by atoms with Crippen LogP contribution in [0.3, 0.4) is 0 Å². The molecule has 2 aromatic carbocycles. The predicted octanol–water partition coefficient (Wildman–Crippen LogP) is 4.68. The normalized spacial score (nSPS) is 11.5. The number of nitrogens with zero attached hydrogens (tertiary/aromatic N) is 1. The van der Waals surface area contributed by atoms with Crippen molar-refractivity contribution in [2.75, 3.05) is 19.7 Å². The quantitative estimate of drug-likeness (QED) is 0.384. The molecule has 1 unspecified atom stereocenters. The van der Waals surface area contributed by atoms with Crippen molar-refractivity contribution in [1.82, 2.24) is 15.5 Å². The third-order valence-corrected chi connectivity index (χ3v) is 5.28. The molecule has 178 valence electrons. The molecule has 0 spiro atoms. The van der Waals surface area contributed by atoms with Crippen LogP contribution < -0.4 is 10.6 Å². The van der Waals surface area contributed by atoms with Crippen LogP contribution >= 0.6 is 0 Å². The highest BCUT2D eigenvalue weighted by atomic mass is 19.1. The Bertz CT molecular complexity index is 881. The largest absolute Gasteiger partial charge is 0.387 e. The zero-order valence-corrected chi connectivity index (χ0v) is 19.8. The lowest BCUT2D eigenvalue weighted by Crippen LogP contribution is -2.38. The lowest BCUT2D eigenvalue weighted by atomic mass is 10.2. The lowest BCUT2D eigenvalue weighted by Gasteiger charge is -2.29. The molecule has 0 aliphatic carbocycles. The molecule has 33 heavy (non-hydrogen) atoms.